The molecule has 0 radical (unpaired) electrons. The van der Waals surface area contributed by atoms with E-state index in [0.717, 1.165) is 11.3 Å². The van der Waals surface area contributed by atoms with Crippen LogP contribution >= 0.6 is 15.9 Å². The van der Waals surface area contributed by atoms with Gasteiger partial charge < -0.3 is 10.1 Å². The summed E-state index contributed by atoms with van der Waals surface area (Å²) in [5.74, 6) is 0.379. The van der Waals surface area contributed by atoms with Gasteiger partial charge in [0.15, 0.2) is 6.61 Å². The average Bonchev–Trinajstić information content (AvgIpc) is 2.49. The SMILES string of the molecule is CC(Nc1ccc(OCC#N)cc1)c1ccc(F)c(Br)c1. The molecule has 0 saturated heterocycles. The fraction of sp³-hybridized carbons (Fsp3) is 0.188. The van der Waals surface area contributed by atoms with E-state index >= 15 is 0 Å². The van der Waals surface area contributed by atoms with Crippen molar-refractivity contribution in [3.05, 3.63) is 58.3 Å². The van der Waals surface area contributed by atoms with Gasteiger partial charge in [0.2, 0.25) is 0 Å². The largest absolute Gasteiger partial charge is 0.479 e. The lowest BCUT2D eigenvalue weighted by atomic mass is 10.1. The second-order valence-corrected chi connectivity index (χ2v) is 5.37. The number of nitrogens with one attached hydrogen (secondary N) is 1. The first-order valence-electron chi connectivity index (χ1n) is 6.41. The number of hydrogen-bond donors (Lipinski definition) is 1. The monoisotopic (exact) mass is 348 g/mol. The van der Waals surface area contributed by atoms with Gasteiger partial charge in [0, 0.05) is 11.7 Å². The summed E-state index contributed by atoms with van der Waals surface area (Å²) in [6.45, 7) is 2.03. The van der Waals surface area contributed by atoms with Crippen LogP contribution in [0.25, 0.3) is 0 Å². The summed E-state index contributed by atoms with van der Waals surface area (Å²) >= 11 is 3.19. The topological polar surface area (TPSA) is 45.0 Å². The molecule has 3 nitrogen and oxygen atoms in total. The second kappa shape index (κ2) is 7.09. The molecular weight excluding hydrogens is 335 g/mol. The van der Waals surface area contributed by atoms with Gasteiger partial charge in [-0.25, -0.2) is 4.39 Å². The molecule has 2 aromatic rings. The third kappa shape index (κ3) is 4.20. The molecule has 0 bridgehead atoms. The average molecular weight is 349 g/mol. The van der Waals surface area contributed by atoms with Gasteiger partial charge in [-0.2, -0.15) is 5.26 Å². The van der Waals surface area contributed by atoms with Gasteiger partial charge in [0.1, 0.15) is 17.6 Å². The van der Waals surface area contributed by atoms with Gasteiger partial charge in [-0.3, -0.25) is 0 Å². The van der Waals surface area contributed by atoms with Crippen LogP contribution < -0.4 is 10.1 Å². The molecule has 108 valence electrons. The van der Waals surface area contributed by atoms with Gasteiger partial charge in [-0.15, -0.1) is 0 Å². The van der Waals surface area contributed by atoms with Gasteiger partial charge in [-0.05, 0) is 64.8 Å². The maximum atomic E-state index is 13.2. The summed E-state index contributed by atoms with van der Waals surface area (Å²) in [6.07, 6.45) is 0. The van der Waals surface area contributed by atoms with Crippen molar-refractivity contribution in [1.29, 1.82) is 5.26 Å². The van der Waals surface area contributed by atoms with Crippen molar-refractivity contribution in [2.45, 2.75) is 13.0 Å². The fourth-order valence-corrected chi connectivity index (χ4v) is 2.27. The Hall–Kier alpha value is -2.06. The van der Waals surface area contributed by atoms with Crippen LogP contribution in [0.2, 0.25) is 0 Å². The van der Waals surface area contributed by atoms with E-state index in [1.54, 1.807) is 24.3 Å². The molecule has 0 aliphatic carbocycles. The predicted octanol–water partition coefficient (Wildman–Crippen LogP) is 4.66. The van der Waals surface area contributed by atoms with Gasteiger partial charge in [0.25, 0.3) is 0 Å². The zero-order valence-corrected chi connectivity index (χ0v) is 13.0. The molecule has 5 heteroatoms. The van der Waals surface area contributed by atoms with Crippen LogP contribution in [0.1, 0.15) is 18.5 Å². The van der Waals surface area contributed by atoms with Gasteiger partial charge >= 0.3 is 0 Å². The predicted molar refractivity (Wildman–Crippen MR) is 83.7 cm³/mol. The minimum atomic E-state index is -0.273. The third-order valence-corrected chi connectivity index (χ3v) is 3.59. The van der Waals surface area contributed by atoms with Crippen LogP contribution in [-0.2, 0) is 0 Å². The lowest BCUT2D eigenvalue weighted by Gasteiger charge is -2.16. The van der Waals surface area contributed by atoms with E-state index in [2.05, 4.69) is 21.2 Å². The van der Waals surface area contributed by atoms with Crippen molar-refractivity contribution in [1.82, 2.24) is 0 Å². The van der Waals surface area contributed by atoms with Crippen molar-refractivity contribution in [3.8, 4) is 11.8 Å². The van der Waals surface area contributed by atoms with Crippen LogP contribution in [0.4, 0.5) is 10.1 Å². The van der Waals surface area contributed by atoms with Crippen molar-refractivity contribution in [2.24, 2.45) is 0 Å². The molecule has 0 saturated carbocycles. The van der Waals surface area contributed by atoms with Gasteiger partial charge in [0.05, 0.1) is 4.47 Å². The number of ether oxygens (including phenoxy) is 1. The number of hydrogen-bond acceptors (Lipinski definition) is 3. The highest BCUT2D eigenvalue weighted by atomic mass is 79.9. The van der Waals surface area contributed by atoms with Crippen LogP contribution in [0, 0.1) is 17.1 Å². The zero-order chi connectivity index (χ0) is 15.2. The molecule has 1 unspecified atom stereocenters. The lowest BCUT2D eigenvalue weighted by Crippen LogP contribution is -2.06. The minimum absolute atomic E-state index is 0.0345. The highest BCUT2D eigenvalue weighted by molar-refractivity contribution is 9.10. The van der Waals surface area contributed by atoms with E-state index < -0.39 is 0 Å². The van der Waals surface area contributed by atoms with Crippen molar-refractivity contribution >= 4 is 21.6 Å². The maximum absolute atomic E-state index is 13.2. The number of rotatable bonds is 5. The number of anilines is 1. The molecule has 1 N–H and O–H groups in total. The Kier molecular flexibility index (Phi) is 5.18. The van der Waals surface area contributed by atoms with Gasteiger partial charge in [-0.1, -0.05) is 6.07 Å². The smallest absolute Gasteiger partial charge is 0.174 e. The molecule has 0 heterocycles. The van der Waals surface area contributed by atoms with E-state index in [9.17, 15) is 4.39 Å². The van der Waals surface area contributed by atoms with Crippen LogP contribution in [0.5, 0.6) is 5.75 Å². The Morgan fingerprint density at radius 1 is 1.29 bits per heavy atom. The molecular formula is C16H14BrFN2O. The first kappa shape index (κ1) is 15.3. The standard InChI is InChI=1S/C16H14BrFN2O/c1-11(12-2-7-16(18)15(17)10-12)20-13-3-5-14(6-4-13)21-9-8-19/h2-7,10-11,20H,9H2,1H3. The molecule has 0 fully saturated rings. The van der Waals surface area contributed by atoms with Crippen LogP contribution in [0.15, 0.2) is 46.9 Å². The molecule has 1 atom stereocenters. The summed E-state index contributed by atoms with van der Waals surface area (Å²) in [6, 6.07) is 14.3. The van der Waals surface area contributed by atoms with E-state index in [1.165, 1.54) is 6.07 Å². The minimum Gasteiger partial charge on any atom is -0.479 e. The summed E-state index contributed by atoms with van der Waals surface area (Å²) in [7, 11) is 0. The van der Waals surface area contributed by atoms with Crippen molar-refractivity contribution in [2.75, 3.05) is 11.9 Å². The van der Waals surface area contributed by atoms with Crippen molar-refractivity contribution < 1.29 is 9.13 Å². The number of halogens is 2. The van der Waals surface area contributed by atoms with Crippen LogP contribution in [-0.4, -0.2) is 6.61 Å². The maximum Gasteiger partial charge on any atom is 0.174 e. The van der Waals surface area contributed by atoms with E-state index in [0.29, 0.717) is 10.2 Å². The number of nitrogens with zero attached hydrogens (tertiary/aromatic N) is 1. The normalized spacial score (nSPS) is 11.5. The molecule has 0 aliphatic heterocycles. The Bertz CT molecular complexity index is 652. The fourth-order valence-electron chi connectivity index (χ4n) is 1.88. The van der Waals surface area contributed by atoms with E-state index in [-0.39, 0.29) is 18.5 Å². The Morgan fingerprint density at radius 2 is 2.00 bits per heavy atom. The Balaban J connectivity index is 2.03. The molecule has 0 aliphatic rings. The number of benzene rings is 2. The first-order valence-corrected chi connectivity index (χ1v) is 7.21. The van der Waals surface area contributed by atoms with E-state index in [4.69, 9.17) is 10.00 Å². The number of nitriles is 1. The zero-order valence-electron chi connectivity index (χ0n) is 11.4. The Morgan fingerprint density at radius 3 is 2.62 bits per heavy atom. The second-order valence-electron chi connectivity index (χ2n) is 4.51. The Labute approximate surface area is 131 Å². The molecule has 0 aromatic heterocycles. The molecule has 0 spiro atoms. The lowest BCUT2D eigenvalue weighted by molar-refractivity contribution is 0.368. The summed E-state index contributed by atoms with van der Waals surface area (Å²) in [4.78, 5) is 0. The highest BCUT2D eigenvalue weighted by Crippen LogP contribution is 2.25. The van der Waals surface area contributed by atoms with E-state index in [1.807, 2.05) is 25.1 Å². The summed E-state index contributed by atoms with van der Waals surface area (Å²) in [5.41, 5.74) is 1.90. The quantitative estimate of drug-likeness (QED) is 0.854. The molecule has 2 aromatic carbocycles. The van der Waals surface area contributed by atoms with Crippen LogP contribution in [0.3, 0.4) is 0 Å². The molecule has 2 rings (SSSR count). The van der Waals surface area contributed by atoms with Crippen molar-refractivity contribution in [3.63, 3.8) is 0 Å². The molecule has 0 amide bonds. The third-order valence-electron chi connectivity index (χ3n) is 2.98. The molecule has 21 heavy (non-hydrogen) atoms. The summed E-state index contributed by atoms with van der Waals surface area (Å²) < 4.78 is 18.9. The first-order chi connectivity index (χ1) is 10.1. The summed E-state index contributed by atoms with van der Waals surface area (Å²) in [5, 5.41) is 11.8. The highest BCUT2D eigenvalue weighted by Gasteiger charge is 2.08.